The van der Waals surface area contributed by atoms with Crippen molar-refractivity contribution in [3.05, 3.63) is 14.8 Å². The van der Waals surface area contributed by atoms with Gasteiger partial charge in [0.25, 0.3) is 0 Å². The molecule has 0 spiro atoms. The van der Waals surface area contributed by atoms with Crippen LogP contribution in [0.25, 0.3) is 0 Å². The van der Waals surface area contributed by atoms with Gasteiger partial charge in [0.05, 0.1) is 6.61 Å². The highest BCUT2D eigenvalue weighted by molar-refractivity contribution is 9.11. The van der Waals surface area contributed by atoms with Crippen LogP contribution in [0.1, 0.15) is 17.3 Å². The van der Waals surface area contributed by atoms with E-state index in [1.807, 2.05) is 0 Å². The lowest BCUT2D eigenvalue weighted by molar-refractivity contribution is 0.0523. The number of carbonyl (C=O) groups is 1. The van der Waals surface area contributed by atoms with Crippen LogP contribution in [0.15, 0.2) is 9.21 Å². The second-order valence-corrected chi connectivity index (χ2v) is 4.10. The van der Waals surface area contributed by atoms with Gasteiger partial charge in [-0.1, -0.05) is 0 Å². The zero-order valence-corrected chi connectivity index (χ0v) is 11.5. The molecule has 1 aromatic heterocycles. The second kappa shape index (κ2) is 5.62. The van der Waals surface area contributed by atoms with Crippen molar-refractivity contribution < 1.29 is 14.3 Å². The predicted molar refractivity (Wildman–Crippen MR) is 60.6 cm³/mol. The van der Waals surface area contributed by atoms with Crippen molar-refractivity contribution in [2.45, 2.75) is 13.7 Å². The van der Waals surface area contributed by atoms with Gasteiger partial charge in [0, 0.05) is 7.11 Å². The summed E-state index contributed by atoms with van der Waals surface area (Å²) in [6, 6.07) is 0. The van der Waals surface area contributed by atoms with Gasteiger partial charge in [-0.2, -0.15) is 5.10 Å². The molecule has 15 heavy (non-hydrogen) atoms. The fourth-order valence-electron chi connectivity index (χ4n) is 0.994. The van der Waals surface area contributed by atoms with Crippen LogP contribution in [-0.4, -0.2) is 29.5 Å². The van der Waals surface area contributed by atoms with Gasteiger partial charge >= 0.3 is 5.97 Å². The van der Waals surface area contributed by atoms with Gasteiger partial charge in [0.15, 0.2) is 0 Å². The number of hydrogen-bond acceptors (Lipinski definition) is 4. The van der Waals surface area contributed by atoms with E-state index in [4.69, 9.17) is 9.47 Å². The number of ether oxygens (including phenoxy) is 2. The van der Waals surface area contributed by atoms with Crippen LogP contribution >= 0.6 is 31.9 Å². The summed E-state index contributed by atoms with van der Waals surface area (Å²) in [6.07, 6.45) is 0. The number of rotatable bonds is 4. The van der Waals surface area contributed by atoms with Gasteiger partial charge in [0.1, 0.15) is 21.5 Å². The number of esters is 1. The summed E-state index contributed by atoms with van der Waals surface area (Å²) in [4.78, 5) is 11.5. The molecule has 5 nitrogen and oxygen atoms in total. The largest absolute Gasteiger partial charge is 0.462 e. The van der Waals surface area contributed by atoms with Crippen molar-refractivity contribution in [1.82, 2.24) is 9.78 Å². The highest BCUT2D eigenvalue weighted by Crippen LogP contribution is 2.25. The Labute approximate surface area is 104 Å². The monoisotopic (exact) mass is 340 g/mol. The Bertz CT molecular complexity index is 365. The summed E-state index contributed by atoms with van der Waals surface area (Å²) in [5.41, 5.74) is 0.369. The normalized spacial score (nSPS) is 10.4. The molecule has 0 saturated heterocycles. The number of aromatic nitrogens is 2. The third kappa shape index (κ3) is 2.79. The summed E-state index contributed by atoms with van der Waals surface area (Å²) < 4.78 is 12.3. The van der Waals surface area contributed by atoms with Crippen molar-refractivity contribution >= 4 is 37.8 Å². The van der Waals surface area contributed by atoms with Crippen LogP contribution in [0.5, 0.6) is 0 Å². The molecule has 7 heteroatoms. The maximum Gasteiger partial charge on any atom is 0.343 e. The zero-order chi connectivity index (χ0) is 11.4. The van der Waals surface area contributed by atoms with Crippen LogP contribution in [0.4, 0.5) is 0 Å². The van der Waals surface area contributed by atoms with E-state index in [-0.39, 0.29) is 6.73 Å². The number of halogens is 2. The van der Waals surface area contributed by atoms with E-state index in [2.05, 4.69) is 37.0 Å². The molecule has 1 heterocycles. The van der Waals surface area contributed by atoms with E-state index in [0.29, 0.717) is 21.4 Å². The molecule has 0 bridgehead atoms. The van der Waals surface area contributed by atoms with Gasteiger partial charge in [-0.05, 0) is 38.8 Å². The third-order valence-electron chi connectivity index (χ3n) is 1.58. The van der Waals surface area contributed by atoms with Crippen LogP contribution in [0.3, 0.4) is 0 Å². The fraction of sp³-hybridized carbons (Fsp3) is 0.500. The van der Waals surface area contributed by atoms with Gasteiger partial charge < -0.3 is 9.47 Å². The lowest BCUT2D eigenvalue weighted by Crippen LogP contribution is -2.06. The summed E-state index contributed by atoms with van der Waals surface area (Å²) in [7, 11) is 1.55. The Hall–Kier alpha value is -0.400. The first-order valence-corrected chi connectivity index (χ1v) is 5.78. The highest BCUT2D eigenvalue weighted by atomic mass is 79.9. The lowest BCUT2D eigenvalue weighted by Gasteiger charge is -2.01. The lowest BCUT2D eigenvalue weighted by atomic mass is 10.4. The molecule has 0 aliphatic rings. The number of methoxy groups -OCH3 is 1. The minimum atomic E-state index is -0.418. The summed E-state index contributed by atoms with van der Waals surface area (Å²) >= 11 is 6.45. The molecule has 0 saturated carbocycles. The first-order chi connectivity index (χ1) is 7.11. The van der Waals surface area contributed by atoms with Crippen molar-refractivity contribution in [1.29, 1.82) is 0 Å². The SMILES string of the molecule is CCOC(=O)c1c(Br)nn(COC)c1Br. The fourth-order valence-corrected chi connectivity index (χ4v) is 2.33. The van der Waals surface area contributed by atoms with Crippen LogP contribution in [-0.2, 0) is 16.2 Å². The van der Waals surface area contributed by atoms with Crippen molar-refractivity contribution in [2.75, 3.05) is 13.7 Å². The molecule has 0 radical (unpaired) electrons. The quantitative estimate of drug-likeness (QED) is 0.788. The van der Waals surface area contributed by atoms with E-state index < -0.39 is 5.97 Å². The molecule has 0 unspecified atom stereocenters. The van der Waals surface area contributed by atoms with Crippen LogP contribution in [0.2, 0.25) is 0 Å². The molecule has 0 aliphatic carbocycles. The Morgan fingerprint density at radius 1 is 1.53 bits per heavy atom. The standard InChI is InChI=1S/C8H10Br2N2O3/c1-3-15-8(13)5-6(9)11-12(4-14-2)7(5)10/h3-4H2,1-2H3. The van der Waals surface area contributed by atoms with Gasteiger partial charge in [-0.25, -0.2) is 9.48 Å². The molecule has 0 N–H and O–H groups in total. The first-order valence-electron chi connectivity index (χ1n) is 4.19. The molecule has 1 aromatic rings. The maximum absolute atomic E-state index is 11.5. The van der Waals surface area contributed by atoms with E-state index >= 15 is 0 Å². The molecule has 0 fully saturated rings. The topological polar surface area (TPSA) is 53.3 Å². The average molecular weight is 342 g/mol. The number of nitrogens with zero attached hydrogens (tertiary/aromatic N) is 2. The maximum atomic E-state index is 11.5. The molecule has 0 atom stereocenters. The third-order valence-corrected chi connectivity index (χ3v) is 2.94. The van der Waals surface area contributed by atoms with Gasteiger partial charge in [0.2, 0.25) is 0 Å². The van der Waals surface area contributed by atoms with Gasteiger partial charge in [-0.3, -0.25) is 0 Å². The number of carbonyl (C=O) groups excluding carboxylic acids is 1. The Morgan fingerprint density at radius 2 is 2.20 bits per heavy atom. The molecule has 84 valence electrons. The molecule has 0 amide bonds. The molecule has 0 aromatic carbocycles. The second-order valence-electron chi connectivity index (χ2n) is 2.59. The van der Waals surface area contributed by atoms with Crippen molar-refractivity contribution in [3.8, 4) is 0 Å². The smallest absolute Gasteiger partial charge is 0.343 e. The summed E-state index contributed by atoms with van der Waals surface area (Å²) in [5.74, 6) is -0.418. The zero-order valence-electron chi connectivity index (χ0n) is 8.29. The number of hydrogen-bond donors (Lipinski definition) is 0. The summed E-state index contributed by atoms with van der Waals surface area (Å²) in [6.45, 7) is 2.34. The van der Waals surface area contributed by atoms with Crippen molar-refractivity contribution in [3.63, 3.8) is 0 Å². The van der Waals surface area contributed by atoms with Crippen LogP contribution in [0, 0.1) is 0 Å². The van der Waals surface area contributed by atoms with E-state index in [0.717, 1.165) is 0 Å². The van der Waals surface area contributed by atoms with E-state index in [1.165, 1.54) is 4.68 Å². The highest BCUT2D eigenvalue weighted by Gasteiger charge is 2.21. The minimum Gasteiger partial charge on any atom is -0.462 e. The van der Waals surface area contributed by atoms with Crippen molar-refractivity contribution in [2.24, 2.45) is 0 Å². The molecular weight excluding hydrogens is 332 g/mol. The molecule has 0 aliphatic heterocycles. The Morgan fingerprint density at radius 3 is 2.73 bits per heavy atom. The Balaban J connectivity index is 3.02. The Kier molecular flexibility index (Phi) is 4.75. The van der Waals surface area contributed by atoms with E-state index in [9.17, 15) is 4.79 Å². The van der Waals surface area contributed by atoms with Gasteiger partial charge in [-0.15, -0.1) is 0 Å². The molecular formula is C8H10Br2N2O3. The summed E-state index contributed by atoms with van der Waals surface area (Å²) in [5, 5.41) is 4.06. The average Bonchev–Trinajstić information content (AvgIpc) is 2.43. The minimum absolute atomic E-state index is 0.262. The van der Waals surface area contributed by atoms with Crippen LogP contribution < -0.4 is 0 Å². The molecule has 1 rings (SSSR count). The van der Waals surface area contributed by atoms with E-state index in [1.54, 1.807) is 14.0 Å². The predicted octanol–water partition coefficient (Wildman–Crippen LogP) is 2.19. The first kappa shape index (κ1) is 12.7.